The van der Waals surface area contributed by atoms with Crippen LogP contribution in [-0.4, -0.2) is 28.8 Å². The van der Waals surface area contributed by atoms with Crippen molar-refractivity contribution in [1.82, 2.24) is 5.32 Å². The Balaban J connectivity index is 2.58. The van der Waals surface area contributed by atoms with Crippen LogP contribution in [0.25, 0.3) is 0 Å². The fourth-order valence-electron chi connectivity index (χ4n) is 1.71. The molecule has 1 amide bonds. The minimum atomic E-state index is -1.07. The maximum Gasteiger partial charge on any atom is 0.408 e. The molecule has 0 spiro atoms. The van der Waals surface area contributed by atoms with Gasteiger partial charge in [0.1, 0.15) is 11.6 Å². The summed E-state index contributed by atoms with van der Waals surface area (Å²) in [6.45, 7) is 5.18. The Morgan fingerprint density at radius 1 is 1.38 bits per heavy atom. The average Bonchev–Trinajstić information content (AvgIpc) is 2.32. The molecule has 0 saturated heterocycles. The molecule has 21 heavy (non-hydrogen) atoms. The molecule has 0 radical (unpaired) electrons. The predicted octanol–water partition coefficient (Wildman–Crippen LogP) is 3.36. The van der Waals surface area contributed by atoms with Crippen molar-refractivity contribution < 1.29 is 19.4 Å². The van der Waals surface area contributed by atoms with E-state index in [4.69, 9.17) is 4.74 Å². The standard InChI is InChI=1S/C15H20BrNO4/c1-15(2,3)21-14(20)17-12(13(18)19)8-7-10-5-4-6-11(16)9-10/h4-6,9,12H,7-8H2,1-3H3,(H,17,20)(H,18,19)/t12-/m0/s1. The van der Waals surface area contributed by atoms with Crippen LogP contribution in [0.1, 0.15) is 32.8 Å². The minimum absolute atomic E-state index is 0.297. The van der Waals surface area contributed by atoms with Gasteiger partial charge >= 0.3 is 12.1 Å². The SMILES string of the molecule is CC(C)(C)OC(=O)N[C@@H](CCc1cccc(Br)c1)C(=O)O. The molecule has 116 valence electrons. The van der Waals surface area contributed by atoms with Gasteiger partial charge in [0.25, 0.3) is 0 Å². The van der Waals surface area contributed by atoms with E-state index in [0.29, 0.717) is 12.8 Å². The van der Waals surface area contributed by atoms with Crippen LogP contribution in [0.5, 0.6) is 0 Å². The van der Waals surface area contributed by atoms with Gasteiger partial charge in [0, 0.05) is 4.47 Å². The second kappa shape index (κ2) is 7.45. The van der Waals surface area contributed by atoms with Crippen LogP contribution in [0.3, 0.4) is 0 Å². The number of carbonyl (C=O) groups excluding carboxylic acids is 1. The minimum Gasteiger partial charge on any atom is -0.480 e. The van der Waals surface area contributed by atoms with E-state index in [9.17, 15) is 14.7 Å². The number of aryl methyl sites for hydroxylation is 1. The fourth-order valence-corrected chi connectivity index (χ4v) is 2.16. The lowest BCUT2D eigenvalue weighted by Gasteiger charge is -2.22. The van der Waals surface area contributed by atoms with Gasteiger partial charge in [0.05, 0.1) is 0 Å². The van der Waals surface area contributed by atoms with E-state index in [0.717, 1.165) is 10.0 Å². The Morgan fingerprint density at radius 2 is 2.05 bits per heavy atom. The Labute approximate surface area is 132 Å². The lowest BCUT2D eigenvalue weighted by molar-refractivity contribution is -0.139. The molecule has 1 aromatic rings. The molecule has 0 aliphatic rings. The lowest BCUT2D eigenvalue weighted by atomic mass is 10.1. The Kier molecular flexibility index (Phi) is 6.20. The number of hydrogen-bond donors (Lipinski definition) is 2. The summed E-state index contributed by atoms with van der Waals surface area (Å²) in [6.07, 6.45) is 0.126. The van der Waals surface area contributed by atoms with Gasteiger partial charge in [-0.05, 0) is 51.3 Å². The van der Waals surface area contributed by atoms with Gasteiger partial charge in [-0.3, -0.25) is 0 Å². The highest BCUT2D eigenvalue weighted by molar-refractivity contribution is 9.10. The Morgan fingerprint density at radius 3 is 2.57 bits per heavy atom. The molecule has 0 fully saturated rings. The number of rotatable bonds is 5. The maximum absolute atomic E-state index is 11.6. The van der Waals surface area contributed by atoms with E-state index in [1.165, 1.54) is 0 Å². The molecule has 0 aliphatic heterocycles. The van der Waals surface area contributed by atoms with Crippen LogP contribution in [0.2, 0.25) is 0 Å². The van der Waals surface area contributed by atoms with Crippen molar-refractivity contribution in [2.24, 2.45) is 0 Å². The number of amides is 1. The van der Waals surface area contributed by atoms with Gasteiger partial charge in [0.15, 0.2) is 0 Å². The van der Waals surface area contributed by atoms with Crippen LogP contribution in [0.4, 0.5) is 4.79 Å². The van der Waals surface area contributed by atoms with Crippen LogP contribution in [0.15, 0.2) is 28.7 Å². The topological polar surface area (TPSA) is 75.6 Å². The van der Waals surface area contributed by atoms with Crippen LogP contribution in [0, 0.1) is 0 Å². The molecule has 0 bridgehead atoms. The van der Waals surface area contributed by atoms with Gasteiger partial charge in [-0.25, -0.2) is 9.59 Å². The lowest BCUT2D eigenvalue weighted by Crippen LogP contribution is -2.43. The number of carboxylic acids is 1. The second-order valence-corrected chi connectivity index (χ2v) is 6.62. The number of halogens is 1. The largest absolute Gasteiger partial charge is 0.480 e. The Bertz CT molecular complexity index is 511. The molecule has 6 heteroatoms. The highest BCUT2D eigenvalue weighted by Gasteiger charge is 2.23. The van der Waals surface area contributed by atoms with E-state index in [1.807, 2.05) is 24.3 Å². The average molecular weight is 358 g/mol. The first-order valence-corrected chi connectivity index (χ1v) is 7.43. The summed E-state index contributed by atoms with van der Waals surface area (Å²) >= 11 is 3.37. The van der Waals surface area contributed by atoms with E-state index in [-0.39, 0.29) is 0 Å². The molecular weight excluding hydrogens is 338 g/mol. The molecule has 0 aliphatic carbocycles. The predicted molar refractivity (Wildman–Crippen MR) is 83.3 cm³/mol. The molecular formula is C15H20BrNO4. The van der Waals surface area contributed by atoms with Gasteiger partial charge in [-0.2, -0.15) is 0 Å². The smallest absolute Gasteiger partial charge is 0.408 e. The van der Waals surface area contributed by atoms with E-state index >= 15 is 0 Å². The summed E-state index contributed by atoms with van der Waals surface area (Å²) in [5, 5.41) is 11.6. The quantitative estimate of drug-likeness (QED) is 0.846. The molecule has 0 aromatic heterocycles. The zero-order valence-corrected chi connectivity index (χ0v) is 13.9. The molecule has 5 nitrogen and oxygen atoms in total. The first-order chi connectivity index (χ1) is 9.67. The normalized spacial score (nSPS) is 12.6. The van der Waals surface area contributed by atoms with E-state index in [1.54, 1.807) is 20.8 Å². The number of ether oxygens (including phenoxy) is 1. The van der Waals surface area contributed by atoms with E-state index in [2.05, 4.69) is 21.2 Å². The summed E-state index contributed by atoms with van der Waals surface area (Å²) in [6, 6.07) is 6.65. The van der Waals surface area contributed by atoms with Crippen molar-refractivity contribution in [3.05, 3.63) is 34.3 Å². The van der Waals surface area contributed by atoms with Crippen LogP contribution >= 0.6 is 15.9 Å². The Hall–Kier alpha value is -1.56. The molecule has 2 N–H and O–H groups in total. The molecule has 1 atom stereocenters. The molecule has 1 rings (SSSR count). The number of alkyl carbamates (subject to hydrolysis) is 1. The second-order valence-electron chi connectivity index (χ2n) is 5.71. The van der Waals surface area contributed by atoms with Gasteiger partial charge in [-0.1, -0.05) is 28.1 Å². The molecule has 0 saturated carbocycles. The van der Waals surface area contributed by atoms with Crippen molar-refractivity contribution in [2.45, 2.75) is 45.3 Å². The number of aliphatic carboxylic acids is 1. The van der Waals surface area contributed by atoms with Crippen molar-refractivity contribution in [2.75, 3.05) is 0 Å². The number of carbonyl (C=O) groups is 2. The first-order valence-electron chi connectivity index (χ1n) is 6.64. The summed E-state index contributed by atoms with van der Waals surface area (Å²) < 4.78 is 6.01. The molecule has 0 unspecified atom stereocenters. The summed E-state index contributed by atoms with van der Waals surface area (Å²) in [7, 11) is 0. The van der Waals surface area contributed by atoms with Gasteiger partial charge in [0.2, 0.25) is 0 Å². The monoisotopic (exact) mass is 357 g/mol. The third-order valence-electron chi connectivity index (χ3n) is 2.60. The zero-order chi connectivity index (χ0) is 16.0. The highest BCUT2D eigenvalue weighted by atomic mass is 79.9. The fraction of sp³-hybridized carbons (Fsp3) is 0.467. The summed E-state index contributed by atoms with van der Waals surface area (Å²) in [5.41, 5.74) is 0.346. The van der Waals surface area contributed by atoms with Gasteiger partial charge < -0.3 is 15.2 Å². The summed E-state index contributed by atoms with van der Waals surface area (Å²) in [5.74, 6) is -1.07. The maximum atomic E-state index is 11.6. The van der Waals surface area contributed by atoms with Crippen LogP contribution in [-0.2, 0) is 16.0 Å². The first kappa shape index (κ1) is 17.5. The molecule has 1 aromatic carbocycles. The van der Waals surface area contributed by atoms with Crippen LogP contribution < -0.4 is 5.32 Å². The summed E-state index contributed by atoms with van der Waals surface area (Å²) in [4.78, 5) is 22.8. The van der Waals surface area contributed by atoms with E-state index < -0.39 is 23.7 Å². The number of benzene rings is 1. The number of carboxylic acid groups (broad SMARTS) is 1. The number of hydrogen-bond acceptors (Lipinski definition) is 3. The highest BCUT2D eigenvalue weighted by Crippen LogP contribution is 2.14. The molecule has 0 heterocycles. The third kappa shape index (κ3) is 7.13. The third-order valence-corrected chi connectivity index (χ3v) is 3.09. The number of nitrogens with one attached hydrogen (secondary N) is 1. The van der Waals surface area contributed by atoms with Crippen molar-refractivity contribution >= 4 is 28.0 Å². The van der Waals surface area contributed by atoms with Crippen molar-refractivity contribution in [3.8, 4) is 0 Å². The van der Waals surface area contributed by atoms with Gasteiger partial charge in [-0.15, -0.1) is 0 Å². The zero-order valence-electron chi connectivity index (χ0n) is 12.4. The van der Waals surface area contributed by atoms with Crippen molar-refractivity contribution in [3.63, 3.8) is 0 Å². The van der Waals surface area contributed by atoms with Crippen molar-refractivity contribution in [1.29, 1.82) is 0 Å².